The van der Waals surface area contributed by atoms with Crippen molar-refractivity contribution in [2.75, 3.05) is 20.3 Å². The van der Waals surface area contributed by atoms with Crippen molar-refractivity contribution in [2.24, 2.45) is 0 Å². The van der Waals surface area contributed by atoms with Gasteiger partial charge in [0.25, 0.3) is 0 Å². The van der Waals surface area contributed by atoms with Gasteiger partial charge in [-0.2, -0.15) is 0 Å². The van der Waals surface area contributed by atoms with Crippen molar-refractivity contribution < 1.29 is 4.74 Å². The summed E-state index contributed by atoms with van der Waals surface area (Å²) >= 11 is 5.12. The number of halogens is 1. The molecule has 1 aromatic heterocycles. The predicted octanol–water partition coefficient (Wildman–Crippen LogP) is 3.01. The molecule has 0 fully saturated rings. The zero-order valence-corrected chi connectivity index (χ0v) is 13.3. The van der Waals surface area contributed by atoms with Crippen LogP contribution in [0.3, 0.4) is 0 Å². The van der Waals surface area contributed by atoms with Crippen LogP contribution in [0.15, 0.2) is 22.7 Å². The summed E-state index contributed by atoms with van der Waals surface area (Å²) in [4.78, 5) is 0. The lowest BCUT2D eigenvalue weighted by molar-refractivity contribution is 0.199. The maximum atomic E-state index is 4.98. The van der Waals surface area contributed by atoms with E-state index >= 15 is 0 Å². The second-order valence-corrected chi connectivity index (χ2v) is 6.17. The van der Waals surface area contributed by atoms with Crippen molar-refractivity contribution in [3.63, 3.8) is 0 Å². The number of nitrogens with one attached hydrogen (secondary N) is 1. The molecule has 0 bridgehead atoms. The van der Waals surface area contributed by atoms with Crippen LogP contribution in [-0.4, -0.2) is 30.5 Å². The van der Waals surface area contributed by atoms with Gasteiger partial charge in [-0.05, 0) is 30.7 Å². The van der Waals surface area contributed by atoms with Gasteiger partial charge in [0.1, 0.15) is 10.0 Å². The number of aromatic nitrogens is 2. The smallest absolute Gasteiger partial charge is 0.147 e. The first kappa shape index (κ1) is 14.6. The van der Waals surface area contributed by atoms with E-state index in [1.54, 1.807) is 18.4 Å². The molecule has 4 nitrogen and oxygen atoms in total. The average Bonchev–Trinajstić information content (AvgIpc) is 2.82. The van der Waals surface area contributed by atoms with Crippen LogP contribution >= 0.6 is 27.3 Å². The Morgan fingerprint density at radius 2 is 2.16 bits per heavy atom. The predicted molar refractivity (Wildman–Crippen MR) is 81.4 cm³/mol. The molecule has 2 rings (SSSR count). The Morgan fingerprint density at radius 1 is 1.32 bits per heavy atom. The second-order valence-electron chi connectivity index (χ2n) is 4.19. The van der Waals surface area contributed by atoms with Crippen molar-refractivity contribution in [3.05, 3.63) is 33.2 Å². The molecule has 0 aliphatic heterocycles. The number of hydrogen-bond donors (Lipinski definition) is 1. The molecule has 1 heterocycles. The van der Waals surface area contributed by atoms with Crippen molar-refractivity contribution in [1.82, 2.24) is 15.5 Å². The van der Waals surface area contributed by atoms with Crippen LogP contribution < -0.4 is 5.32 Å². The minimum Gasteiger partial charge on any atom is -0.383 e. The van der Waals surface area contributed by atoms with Gasteiger partial charge in [0.05, 0.1) is 6.61 Å². The first-order valence-electron chi connectivity index (χ1n) is 5.98. The van der Waals surface area contributed by atoms with Gasteiger partial charge in [0.2, 0.25) is 0 Å². The number of rotatable bonds is 6. The van der Waals surface area contributed by atoms with Gasteiger partial charge < -0.3 is 10.1 Å². The zero-order chi connectivity index (χ0) is 13.7. The Hall–Kier alpha value is -0.820. The molecule has 0 aliphatic rings. The van der Waals surface area contributed by atoms with Gasteiger partial charge in [-0.1, -0.05) is 27.3 Å². The van der Waals surface area contributed by atoms with Crippen LogP contribution in [0.2, 0.25) is 0 Å². The summed E-state index contributed by atoms with van der Waals surface area (Å²) in [7, 11) is 1.69. The summed E-state index contributed by atoms with van der Waals surface area (Å²) in [6.45, 7) is 4.33. The van der Waals surface area contributed by atoms with Crippen LogP contribution in [0, 0.1) is 6.92 Å². The van der Waals surface area contributed by atoms with E-state index in [2.05, 4.69) is 56.6 Å². The highest BCUT2D eigenvalue weighted by molar-refractivity contribution is 9.10. The van der Waals surface area contributed by atoms with Crippen molar-refractivity contribution >= 4 is 27.3 Å². The van der Waals surface area contributed by atoms with Gasteiger partial charge in [-0.15, -0.1) is 10.2 Å². The van der Waals surface area contributed by atoms with Crippen molar-refractivity contribution in [1.29, 1.82) is 0 Å². The van der Waals surface area contributed by atoms with Crippen LogP contribution in [0.25, 0.3) is 10.6 Å². The molecule has 0 amide bonds. The highest BCUT2D eigenvalue weighted by atomic mass is 79.9. The third-order valence-corrected chi connectivity index (χ3v) is 3.95. The molecule has 0 spiro atoms. The molecule has 1 aromatic carbocycles. The fourth-order valence-corrected chi connectivity index (χ4v) is 3.08. The van der Waals surface area contributed by atoms with E-state index in [1.807, 2.05) is 0 Å². The molecule has 0 aliphatic carbocycles. The molecule has 19 heavy (non-hydrogen) atoms. The SMILES string of the molecule is COCCNCc1nnc(-c2cc(C)cc(Br)c2)s1. The van der Waals surface area contributed by atoms with Crippen LogP contribution in [0.4, 0.5) is 0 Å². The summed E-state index contributed by atoms with van der Waals surface area (Å²) in [6, 6.07) is 6.26. The Morgan fingerprint density at radius 3 is 2.89 bits per heavy atom. The fourth-order valence-electron chi connectivity index (χ4n) is 1.67. The molecule has 0 atom stereocenters. The number of nitrogens with zero attached hydrogens (tertiary/aromatic N) is 2. The van der Waals surface area contributed by atoms with Gasteiger partial charge in [-0.25, -0.2) is 0 Å². The molecule has 6 heteroatoms. The number of ether oxygens (including phenoxy) is 1. The largest absolute Gasteiger partial charge is 0.383 e. The van der Waals surface area contributed by atoms with E-state index in [1.165, 1.54) is 5.56 Å². The van der Waals surface area contributed by atoms with Gasteiger partial charge in [0.15, 0.2) is 0 Å². The standard InChI is InChI=1S/C13H16BrN3OS/c1-9-5-10(7-11(14)6-9)13-17-16-12(19-13)8-15-3-4-18-2/h5-7,15H,3-4,8H2,1-2H3. The number of methoxy groups -OCH3 is 1. The second kappa shape index (κ2) is 7.09. The van der Waals surface area contributed by atoms with E-state index in [0.717, 1.165) is 33.1 Å². The summed E-state index contributed by atoms with van der Waals surface area (Å²) in [5.74, 6) is 0. The molecular formula is C13H16BrN3OS. The minimum atomic E-state index is 0.705. The molecule has 0 saturated heterocycles. The van der Waals surface area contributed by atoms with E-state index in [9.17, 15) is 0 Å². The molecule has 0 saturated carbocycles. The molecule has 2 aromatic rings. The Kier molecular flexibility index (Phi) is 5.45. The quantitative estimate of drug-likeness (QED) is 0.820. The monoisotopic (exact) mass is 341 g/mol. The molecule has 102 valence electrons. The molecule has 1 N–H and O–H groups in total. The minimum absolute atomic E-state index is 0.705. The average molecular weight is 342 g/mol. The number of benzene rings is 1. The topological polar surface area (TPSA) is 47.0 Å². The third-order valence-electron chi connectivity index (χ3n) is 2.52. The highest BCUT2D eigenvalue weighted by Crippen LogP contribution is 2.27. The Labute approximate surface area is 125 Å². The van der Waals surface area contributed by atoms with E-state index in [-0.39, 0.29) is 0 Å². The number of aryl methyl sites for hydroxylation is 1. The van der Waals surface area contributed by atoms with Crippen LogP contribution in [0.5, 0.6) is 0 Å². The zero-order valence-electron chi connectivity index (χ0n) is 10.9. The number of hydrogen-bond acceptors (Lipinski definition) is 5. The molecule has 0 radical (unpaired) electrons. The van der Waals surface area contributed by atoms with Crippen molar-refractivity contribution in [3.8, 4) is 10.6 Å². The van der Waals surface area contributed by atoms with Crippen molar-refractivity contribution in [2.45, 2.75) is 13.5 Å². The van der Waals surface area contributed by atoms with E-state index in [4.69, 9.17) is 4.74 Å². The fraction of sp³-hybridized carbons (Fsp3) is 0.385. The highest BCUT2D eigenvalue weighted by Gasteiger charge is 2.07. The molecule has 0 unspecified atom stereocenters. The maximum absolute atomic E-state index is 4.98. The maximum Gasteiger partial charge on any atom is 0.147 e. The van der Waals surface area contributed by atoms with Gasteiger partial charge in [0, 0.05) is 30.2 Å². The normalized spacial score (nSPS) is 10.9. The summed E-state index contributed by atoms with van der Waals surface area (Å²) in [5.41, 5.74) is 2.31. The lowest BCUT2D eigenvalue weighted by Crippen LogP contribution is -2.18. The summed E-state index contributed by atoms with van der Waals surface area (Å²) < 4.78 is 6.05. The van der Waals surface area contributed by atoms with E-state index in [0.29, 0.717) is 6.61 Å². The van der Waals surface area contributed by atoms with Crippen LogP contribution in [-0.2, 0) is 11.3 Å². The van der Waals surface area contributed by atoms with E-state index < -0.39 is 0 Å². The van der Waals surface area contributed by atoms with Crippen LogP contribution in [0.1, 0.15) is 10.6 Å². The Bertz CT molecular complexity index is 524. The summed E-state index contributed by atoms with van der Waals surface area (Å²) in [5, 5.41) is 13.6. The Balaban J connectivity index is 2.03. The van der Waals surface area contributed by atoms with Gasteiger partial charge >= 0.3 is 0 Å². The lowest BCUT2D eigenvalue weighted by atomic mass is 10.1. The third kappa shape index (κ3) is 4.35. The summed E-state index contributed by atoms with van der Waals surface area (Å²) in [6.07, 6.45) is 0. The first-order valence-corrected chi connectivity index (χ1v) is 7.59. The van der Waals surface area contributed by atoms with Gasteiger partial charge in [-0.3, -0.25) is 0 Å². The first-order chi connectivity index (χ1) is 9.19. The lowest BCUT2D eigenvalue weighted by Gasteiger charge is -2.00. The molecular weight excluding hydrogens is 326 g/mol.